The van der Waals surface area contributed by atoms with Gasteiger partial charge in [-0.05, 0) is 43.9 Å². The van der Waals surface area contributed by atoms with E-state index in [1.165, 1.54) is 0 Å². The molecule has 116 valence electrons. The Morgan fingerprint density at radius 2 is 1.82 bits per heavy atom. The van der Waals surface area contributed by atoms with Crippen LogP contribution in [-0.2, 0) is 0 Å². The first kappa shape index (κ1) is 15.2. The summed E-state index contributed by atoms with van der Waals surface area (Å²) in [5.41, 5.74) is 0.972. The molecular weight excluding hydrogens is 344 g/mol. The number of hydrogen-bond donors (Lipinski definition) is 3. The maximum atomic E-state index is 9.56. The number of aromatic nitrogens is 2. The first-order chi connectivity index (χ1) is 10.7. The molecule has 0 amide bonds. The van der Waals surface area contributed by atoms with Crippen LogP contribution < -0.4 is 10.6 Å². The van der Waals surface area contributed by atoms with Gasteiger partial charge in [-0.15, -0.1) is 0 Å². The Labute approximate surface area is 138 Å². The van der Waals surface area contributed by atoms with Crippen molar-refractivity contribution in [2.75, 3.05) is 10.6 Å². The summed E-state index contributed by atoms with van der Waals surface area (Å²) < 4.78 is 1.02. The Balaban J connectivity index is 1.65. The van der Waals surface area contributed by atoms with E-state index in [-0.39, 0.29) is 6.10 Å². The van der Waals surface area contributed by atoms with Crippen molar-refractivity contribution in [1.82, 2.24) is 9.97 Å². The van der Waals surface area contributed by atoms with Crippen LogP contribution in [0, 0.1) is 0 Å². The molecule has 0 aliphatic heterocycles. The largest absolute Gasteiger partial charge is 0.393 e. The van der Waals surface area contributed by atoms with E-state index >= 15 is 0 Å². The molecule has 6 heteroatoms. The van der Waals surface area contributed by atoms with Crippen molar-refractivity contribution in [3.8, 4) is 0 Å². The maximum Gasteiger partial charge on any atom is 0.135 e. The highest BCUT2D eigenvalue weighted by Crippen LogP contribution is 2.23. The van der Waals surface area contributed by atoms with Gasteiger partial charge in [0.15, 0.2) is 0 Å². The zero-order chi connectivity index (χ0) is 15.4. The third-order valence-corrected chi connectivity index (χ3v) is 4.31. The molecule has 3 rings (SSSR count). The van der Waals surface area contributed by atoms with E-state index in [1.807, 2.05) is 30.3 Å². The van der Waals surface area contributed by atoms with Gasteiger partial charge in [0, 0.05) is 22.3 Å². The van der Waals surface area contributed by atoms with Gasteiger partial charge in [0.05, 0.1) is 6.10 Å². The van der Waals surface area contributed by atoms with Gasteiger partial charge in [-0.25, -0.2) is 9.97 Å². The van der Waals surface area contributed by atoms with Crippen molar-refractivity contribution in [3.05, 3.63) is 41.1 Å². The minimum Gasteiger partial charge on any atom is -0.393 e. The molecule has 0 unspecified atom stereocenters. The summed E-state index contributed by atoms with van der Waals surface area (Å²) in [4.78, 5) is 8.53. The predicted octanol–water partition coefficient (Wildman–Crippen LogP) is 3.70. The molecule has 0 spiro atoms. The Morgan fingerprint density at radius 3 is 2.59 bits per heavy atom. The number of aliphatic hydroxyl groups is 1. The molecule has 1 aromatic heterocycles. The first-order valence-electron chi connectivity index (χ1n) is 7.48. The SMILES string of the molecule is O[C@H]1CC[C@H](Nc2cc(Nc3cccc(Br)c3)ncn2)CC1. The van der Waals surface area contributed by atoms with Gasteiger partial charge in [0.1, 0.15) is 18.0 Å². The molecule has 0 radical (unpaired) electrons. The molecule has 1 saturated carbocycles. The van der Waals surface area contributed by atoms with Gasteiger partial charge >= 0.3 is 0 Å². The summed E-state index contributed by atoms with van der Waals surface area (Å²) in [5.74, 6) is 1.57. The van der Waals surface area contributed by atoms with Crippen LogP contribution in [0.25, 0.3) is 0 Å². The van der Waals surface area contributed by atoms with Gasteiger partial charge in [-0.1, -0.05) is 22.0 Å². The molecule has 0 bridgehead atoms. The van der Waals surface area contributed by atoms with Crippen molar-refractivity contribution in [3.63, 3.8) is 0 Å². The van der Waals surface area contributed by atoms with Crippen LogP contribution in [0.1, 0.15) is 25.7 Å². The summed E-state index contributed by atoms with van der Waals surface area (Å²) in [6.45, 7) is 0. The van der Waals surface area contributed by atoms with Crippen molar-refractivity contribution in [1.29, 1.82) is 0 Å². The molecule has 1 aliphatic rings. The zero-order valence-electron chi connectivity index (χ0n) is 12.2. The number of hydrogen-bond acceptors (Lipinski definition) is 5. The van der Waals surface area contributed by atoms with E-state index in [1.54, 1.807) is 6.33 Å². The fraction of sp³-hybridized carbons (Fsp3) is 0.375. The molecule has 1 heterocycles. The minimum absolute atomic E-state index is 0.141. The van der Waals surface area contributed by atoms with Crippen LogP contribution in [0.15, 0.2) is 41.1 Å². The van der Waals surface area contributed by atoms with Crippen molar-refractivity contribution in [2.45, 2.75) is 37.8 Å². The maximum absolute atomic E-state index is 9.56. The summed E-state index contributed by atoms with van der Waals surface area (Å²) >= 11 is 3.46. The lowest BCUT2D eigenvalue weighted by atomic mass is 9.93. The molecule has 2 aromatic rings. The summed E-state index contributed by atoms with van der Waals surface area (Å²) in [5, 5.41) is 16.3. The van der Waals surface area contributed by atoms with Crippen molar-refractivity contribution >= 4 is 33.3 Å². The second kappa shape index (κ2) is 7.07. The van der Waals surface area contributed by atoms with Crippen LogP contribution in [0.4, 0.5) is 17.3 Å². The molecular formula is C16H19BrN4O. The van der Waals surface area contributed by atoms with Crippen molar-refractivity contribution < 1.29 is 5.11 Å². The average molecular weight is 363 g/mol. The van der Waals surface area contributed by atoms with E-state index in [2.05, 4.69) is 36.5 Å². The molecule has 1 aliphatic carbocycles. The monoisotopic (exact) mass is 362 g/mol. The summed E-state index contributed by atoms with van der Waals surface area (Å²) in [7, 11) is 0. The van der Waals surface area contributed by atoms with Crippen LogP contribution in [0.3, 0.4) is 0 Å². The van der Waals surface area contributed by atoms with Crippen LogP contribution in [0.2, 0.25) is 0 Å². The lowest BCUT2D eigenvalue weighted by Gasteiger charge is -2.26. The molecule has 1 fully saturated rings. The van der Waals surface area contributed by atoms with E-state index < -0.39 is 0 Å². The highest BCUT2D eigenvalue weighted by atomic mass is 79.9. The Kier molecular flexibility index (Phi) is 4.90. The van der Waals surface area contributed by atoms with Crippen molar-refractivity contribution in [2.24, 2.45) is 0 Å². The number of anilines is 3. The average Bonchev–Trinajstić information content (AvgIpc) is 2.50. The predicted molar refractivity (Wildman–Crippen MR) is 91.3 cm³/mol. The van der Waals surface area contributed by atoms with Crippen LogP contribution in [-0.4, -0.2) is 27.2 Å². The van der Waals surface area contributed by atoms with Gasteiger partial charge in [0.25, 0.3) is 0 Å². The Bertz CT molecular complexity index is 629. The molecule has 0 saturated heterocycles. The quantitative estimate of drug-likeness (QED) is 0.773. The first-order valence-corrected chi connectivity index (χ1v) is 8.27. The lowest BCUT2D eigenvalue weighted by molar-refractivity contribution is 0.126. The third kappa shape index (κ3) is 4.18. The second-order valence-electron chi connectivity index (χ2n) is 5.57. The number of nitrogens with zero attached hydrogens (tertiary/aromatic N) is 2. The molecule has 3 N–H and O–H groups in total. The number of aliphatic hydroxyl groups excluding tert-OH is 1. The molecule has 1 aromatic carbocycles. The molecule has 0 atom stereocenters. The molecule has 5 nitrogen and oxygen atoms in total. The highest BCUT2D eigenvalue weighted by molar-refractivity contribution is 9.10. The summed E-state index contributed by atoms with van der Waals surface area (Å²) in [6.07, 6.45) is 5.06. The van der Waals surface area contributed by atoms with Gasteiger partial charge in [-0.2, -0.15) is 0 Å². The van der Waals surface area contributed by atoms with E-state index in [0.29, 0.717) is 6.04 Å². The van der Waals surface area contributed by atoms with Gasteiger partial charge < -0.3 is 15.7 Å². The number of rotatable bonds is 4. The van der Waals surface area contributed by atoms with Crippen LogP contribution >= 0.6 is 15.9 Å². The smallest absolute Gasteiger partial charge is 0.135 e. The lowest BCUT2D eigenvalue weighted by Crippen LogP contribution is -2.28. The van der Waals surface area contributed by atoms with E-state index in [4.69, 9.17) is 0 Å². The topological polar surface area (TPSA) is 70.1 Å². The second-order valence-corrected chi connectivity index (χ2v) is 6.49. The number of nitrogens with one attached hydrogen (secondary N) is 2. The third-order valence-electron chi connectivity index (χ3n) is 3.81. The van der Waals surface area contributed by atoms with Crippen LogP contribution in [0.5, 0.6) is 0 Å². The Hall–Kier alpha value is -1.66. The Morgan fingerprint density at radius 1 is 1.05 bits per heavy atom. The standard InChI is InChI=1S/C16H19BrN4O/c17-11-2-1-3-13(8-11)21-16-9-15(18-10-19-16)20-12-4-6-14(22)7-5-12/h1-3,8-10,12,14,22H,4-7H2,(H2,18,19,20,21)/t12-,14-. The van der Waals surface area contributed by atoms with E-state index in [0.717, 1.165) is 47.5 Å². The van der Waals surface area contributed by atoms with Gasteiger partial charge in [0.2, 0.25) is 0 Å². The van der Waals surface area contributed by atoms with Gasteiger partial charge in [-0.3, -0.25) is 0 Å². The number of benzene rings is 1. The fourth-order valence-corrected chi connectivity index (χ4v) is 3.05. The highest BCUT2D eigenvalue weighted by Gasteiger charge is 2.19. The zero-order valence-corrected chi connectivity index (χ0v) is 13.8. The number of halogens is 1. The normalized spacial score (nSPS) is 21.4. The fourth-order valence-electron chi connectivity index (χ4n) is 2.65. The molecule has 22 heavy (non-hydrogen) atoms. The van der Waals surface area contributed by atoms with E-state index in [9.17, 15) is 5.11 Å². The summed E-state index contributed by atoms with van der Waals surface area (Å²) in [6, 6.07) is 10.2. The minimum atomic E-state index is -0.141.